The van der Waals surface area contributed by atoms with Crippen LogP contribution in [0.15, 0.2) is 97.1 Å². The van der Waals surface area contributed by atoms with Crippen LogP contribution in [0.5, 0.6) is 0 Å². The SMILES string of the molecule is Cc1ccc([C@@H]2c3[nH]c4ccccc4c3C[C@H]3C(=O)N(c4ccc(C(=O)NCc5ccc(Cl)cc5)cc4)C(=O)N23)cc1. The number of hydrogen-bond donors (Lipinski definition) is 2. The van der Waals surface area contributed by atoms with E-state index in [1.165, 1.54) is 4.90 Å². The summed E-state index contributed by atoms with van der Waals surface area (Å²) >= 11 is 5.94. The molecule has 208 valence electrons. The molecule has 2 aliphatic heterocycles. The molecule has 42 heavy (non-hydrogen) atoms. The van der Waals surface area contributed by atoms with Crippen molar-refractivity contribution < 1.29 is 14.4 Å². The smallest absolute Gasteiger partial charge is 0.332 e. The molecule has 0 radical (unpaired) electrons. The zero-order valence-electron chi connectivity index (χ0n) is 22.8. The van der Waals surface area contributed by atoms with Crippen LogP contribution in [0.25, 0.3) is 10.9 Å². The van der Waals surface area contributed by atoms with Gasteiger partial charge < -0.3 is 10.3 Å². The Labute approximate surface area is 247 Å². The number of urea groups is 1. The normalized spacial score (nSPS) is 17.9. The Bertz CT molecular complexity index is 1850. The van der Waals surface area contributed by atoms with Gasteiger partial charge in [-0.05, 0) is 66.1 Å². The van der Waals surface area contributed by atoms with Gasteiger partial charge in [0.05, 0.1) is 5.69 Å². The maximum absolute atomic E-state index is 14.1. The van der Waals surface area contributed by atoms with Gasteiger partial charge in [-0.15, -0.1) is 0 Å². The molecule has 4 aromatic carbocycles. The highest BCUT2D eigenvalue weighted by Crippen LogP contribution is 2.44. The van der Waals surface area contributed by atoms with Crippen molar-refractivity contribution in [1.29, 1.82) is 0 Å². The molecule has 8 heteroatoms. The summed E-state index contributed by atoms with van der Waals surface area (Å²) in [6, 6.07) is 28.5. The van der Waals surface area contributed by atoms with E-state index in [-0.39, 0.29) is 17.8 Å². The summed E-state index contributed by atoms with van der Waals surface area (Å²) in [7, 11) is 0. The first-order valence-electron chi connectivity index (χ1n) is 13.8. The highest BCUT2D eigenvalue weighted by atomic mass is 35.5. The Balaban J connectivity index is 1.19. The lowest BCUT2D eigenvalue weighted by Gasteiger charge is -2.36. The Morgan fingerprint density at radius 1 is 0.929 bits per heavy atom. The van der Waals surface area contributed by atoms with E-state index >= 15 is 0 Å². The zero-order chi connectivity index (χ0) is 29.0. The third-order valence-electron chi connectivity index (χ3n) is 8.20. The minimum Gasteiger partial charge on any atom is -0.356 e. The number of hydrogen-bond acceptors (Lipinski definition) is 3. The number of imide groups is 1. The number of nitrogens with one attached hydrogen (secondary N) is 2. The number of aromatic nitrogens is 1. The van der Waals surface area contributed by atoms with Gasteiger partial charge in [0.15, 0.2) is 0 Å². The molecule has 2 atom stereocenters. The van der Waals surface area contributed by atoms with Gasteiger partial charge in [-0.2, -0.15) is 0 Å². The molecular weight excluding hydrogens is 548 g/mol. The van der Waals surface area contributed by atoms with Crippen LogP contribution in [-0.2, 0) is 17.8 Å². The van der Waals surface area contributed by atoms with Crippen molar-refractivity contribution in [3.8, 4) is 0 Å². The number of carbonyl (C=O) groups is 3. The number of para-hydroxylation sites is 1. The molecule has 0 aliphatic carbocycles. The van der Waals surface area contributed by atoms with Gasteiger partial charge in [-0.3, -0.25) is 14.5 Å². The number of aryl methyl sites for hydroxylation is 1. The standard InChI is InChI=1S/C34H27ClN4O3/c1-20-6-10-22(11-7-20)31-30-27(26-4-2-3-5-28(26)37-30)18-29-33(41)38(34(42)39(29)31)25-16-12-23(13-17-25)32(40)36-19-21-8-14-24(35)15-9-21/h2-17,29,31,37H,18-19H2,1H3,(H,36,40)/t29-,31+/m0/s1. The second-order valence-corrected chi connectivity index (χ2v) is 11.3. The monoisotopic (exact) mass is 574 g/mol. The molecule has 1 saturated heterocycles. The van der Waals surface area contributed by atoms with Crippen molar-refractivity contribution in [2.75, 3.05) is 4.90 Å². The van der Waals surface area contributed by atoms with E-state index < -0.39 is 12.1 Å². The quantitative estimate of drug-likeness (QED) is 0.234. The molecule has 2 N–H and O–H groups in total. The first-order chi connectivity index (χ1) is 20.4. The van der Waals surface area contributed by atoms with Crippen LogP contribution in [0.3, 0.4) is 0 Å². The largest absolute Gasteiger partial charge is 0.356 e. The van der Waals surface area contributed by atoms with Crippen molar-refractivity contribution >= 4 is 46.0 Å². The number of halogens is 1. The summed E-state index contributed by atoms with van der Waals surface area (Å²) in [6.45, 7) is 2.38. The highest BCUT2D eigenvalue weighted by Gasteiger charge is 2.53. The highest BCUT2D eigenvalue weighted by molar-refractivity contribution is 6.30. The summed E-state index contributed by atoms with van der Waals surface area (Å²) in [5.41, 5.74) is 6.84. The number of anilines is 1. The fourth-order valence-electron chi connectivity index (χ4n) is 6.06. The van der Waals surface area contributed by atoms with Crippen LogP contribution in [0, 0.1) is 6.92 Å². The number of H-pyrrole nitrogens is 1. The molecule has 1 fully saturated rings. The molecule has 0 unspecified atom stereocenters. The van der Waals surface area contributed by atoms with E-state index in [0.29, 0.717) is 29.2 Å². The average Bonchev–Trinajstić information content (AvgIpc) is 3.50. The van der Waals surface area contributed by atoms with E-state index in [1.54, 1.807) is 41.3 Å². The van der Waals surface area contributed by atoms with Crippen molar-refractivity contribution in [2.24, 2.45) is 0 Å². The van der Waals surface area contributed by atoms with Crippen LogP contribution >= 0.6 is 11.6 Å². The maximum Gasteiger partial charge on any atom is 0.332 e. The Hall–Kier alpha value is -4.88. The fourth-order valence-corrected chi connectivity index (χ4v) is 6.18. The summed E-state index contributed by atoms with van der Waals surface area (Å²) in [5.74, 6) is -0.522. The van der Waals surface area contributed by atoms with Gasteiger partial charge in [0.25, 0.3) is 11.8 Å². The molecule has 7 rings (SSSR count). The zero-order valence-corrected chi connectivity index (χ0v) is 23.6. The second-order valence-electron chi connectivity index (χ2n) is 10.8. The molecule has 4 amide bonds. The predicted octanol–water partition coefficient (Wildman–Crippen LogP) is 6.54. The number of fused-ring (bicyclic) bond motifs is 4. The molecule has 5 aromatic rings. The van der Waals surface area contributed by atoms with E-state index in [4.69, 9.17) is 11.6 Å². The van der Waals surface area contributed by atoms with Gasteiger partial charge in [0, 0.05) is 40.1 Å². The summed E-state index contributed by atoms with van der Waals surface area (Å²) in [4.78, 5) is 47.3. The number of benzene rings is 4. The number of aromatic amines is 1. The van der Waals surface area contributed by atoms with Crippen LogP contribution in [0.2, 0.25) is 5.02 Å². The lowest BCUT2D eigenvalue weighted by atomic mass is 9.88. The number of nitrogens with zero attached hydrogens (tertiary/aromatic N) is 2. The molecule has 0 bridgehead atoms. The van der Waals surface area contributed by atoms with E-state index in [2.05, 4.69) is 16.4 Å². The third kappa shape index (κ3) is 4.33. The Kier molecular flexibility index (Phi) is 6.32. The van der Waals surface area contributed by atoms with Crippen LogP contribution in [0.1, 0.15) is 44.3 Å². The molecule has 2 aliphatic rings. The van der Waals surface area contributed by atoms with Gasteiger partial charge in [-0.25, -0.2) is 9.69 Å². The van der Waals surface area contributed by atoms with E-state index in [9.17, 15) is 14.4 Å². The van der Waals surface area contributed by atoms with E-state index in [1.807, 2.05) is 61.5 Å². The summed E-state index contributed by atoms with van der Waals surface area (Å²) in [5, 5.41) is 4.59. The molecular formula is C34H27ClN4O3. The number of rotatable bonds is 5. The Morgan fingerprint density at radius 2 is 1.64 bits per heavy atom. The van der Waals surface area contributed by atoms with Crippen LogP contribution in [-0.4, -0.2) is 33.8 Å². The summed E-state index contributed by atoms with van der Waals surface area (Å²) < 4.78 is 0. The van der Waals surface area contributed by atoms with Crippen molar-refractivity contribution in [3.05, 3.63) is 136 Å². The van der Waals surface area contributed by atoms with Gasteiger partial charge in [0.1, 0.15) is 12.1 Å². The minimum atomic E-state index is -0.641. The van der Waals surface area contributed by atoms with Crippen LogP contribution in [0.4, 0.5) is 10.5 Å². The predicted molar refractivity (Wildman–Crippen MR) is 163 cm³/mol. The third-order valence-corrected chi connectivity index (χ3v) is 8.45. The van der Waals surface area contributed by atoms with Gasteiger partial charge in [-0.1, -0.05) is 71.8 Å². The van der Waals surface area contributed by atoms with Crippen LogP contribution < -0.4 is 10.2 Å². The molecule has 3 heterocycles. The molecule has 1 aromatic heterocycles. The number of carbonyl (C=O) groups excluding carboxylic acids is 3. The lowest BCUT2D eigenvalue weighted by Crippen LogP contribution is -2.44. The average molecular weight is 575 g/mol. The van der Waals surface area contributed by atoms with Gasteiger partial charge >= 0.3 is 6.03 Å². The molecule has 0 saturated carbocycles. The first-order valence-corrected chi connectivity index (χ1v) is 14.2. The maximum atomic E-state index is 14.1. The Morgan fingerprint density at radius 3 is 2.38 bits per heavy atom. The van der Waals surface area contributed by atoms with Crippen molar-refractivity contribution in [3.63, 3.8) is 0 Å². The fraction of sp³-hybridized carbons (Fsp3) is 0.147. The summed E-state index contributed by atoms with van der Waals surface area (Å²) in [6.07, 6.45) is 0.425. The second kappa shape index (κ2) is 10.2. The van der Waals surface area contributed by atoms with Crippen molar-refractivity contribution in [2.45, 2.75) is 32.0 Å². The first kappa shape index (κ1) is 26.0. The number of amides is 4. The molecule has 7 nitrogen and oxygen atoms in total. The van der Waals surface area contributed by atoms with Crippen molar-refractivity contribution in [1.82, 2.24) is 15.2 Å². The van der Waals surface area contributed by atoms with Gasteiger partial charge in [0.2, 0.25) is 0 Å². The minimum absolute atomic E-state index is 0.252. The topological polar surface area (TPSA) is 85.5 Å². The lowest BCUT2D eigenvalue weighted by molar-refractivity contribution is -0.120. The van der Waals surface area contributed by atoms with E-state index in [0.717, 1.165) is 38.9 Å². The molecule has 0 spiro atoms.